The summed E-state index contributed by atoms with van der Waals surface area (Å²) in [5.41, 5.74) is 5.53. The van der Waals surface area contributed by atoms with Gasteiger partial charge in [0.15, 0.2) is 0 Å². The Balaban J connectivity index is 1.88. The Morgan fingerprint density at radius 1 is 1.47 bits per heavy atom. The number of rotatable bonds is 4. The van der Waals surface area contributed by atoms with Crippen LogP contribution in [0.4, 0.5) is 11.8 Å². The van der Waals surface area contributed by atoms with E-state index >= 15 is 0 Å². The molecule has 0 aliphatic carbocycles. The minimum atomic E-state index is 0.203. The van der Waals surface area contributed by atoms with Gasteiger partial charge in [-0.1, -0.05) is 11.6 Å². The van der Waals surface area contributed by atoms with Gasteiger partial charge in [-0.2, -0.15) is 4.98 Å². The third-order valence-electron chi connectivity index (χ3n) is 3.05. The lowest BCUT2D eigenvalue weighted by Gasteiger charge is -2.24. The van der Waals surface area contributed by atoms with Gasteiger partial charge in [-0.3, -0.25) is 4.90 Å². The van der Waals surface area contributed by atoms with Crippen molar-refractivity contribution in [2.24, 2.45) is 0 Å². The van der Waals surface area contributed by atoms with E-state index in [-0.39, 0.29) is 5.95 Å². The number of anilines is 2. The van der Waals surface area contributed by atoms with Crippen molar-refractivity contribution in [2.45, 2.75) is 25.8 Å². The molecule has 1 saturated heterocycles. The Morgan fingerprint density at radius 3 is 2.82 bits per heavy atom. The Labute approximate surface area is 106 Å². The molecule has 0 amide bonds. The molecule has 1 aromatic rings. The molecule has 1 unspecified atom stereocenters. The monoisotopic (exact) mass is 255 g/mol. The van der Waals surface area contributed by atoms with Gasteiger partial charge >= 0.3 is 0 Å². The summed E-state index contributed by atoms with van der Waals surface area (Å²) < 4.78 is 0. The van der Waals surface area contributed by atoms with E-state index in [0.29, 0.717) is 17.0 Å². The van der Waals surface area contributed by atoms with Crippen LogP contribution in [0.25, 0.3) is 0 Å². The van der Waals surface area contributed by atoms with E-state index in [1.807, 2.05) is 0 Å². The standard InChI is InChI=1S/C11H18ClN5/c1-8(17-4-2-3-5-17)7-14-10-6-9(12)15-11(13)16-10/h6,8H,2-5,7H2,1H3,(H3,13,14,15,16). The first-order valence-electron chi connectivity index (χ1n) is 5.93. The number of halogens is 1. The third kappa shape index (κ3) is 3.44. The van der Waals surface area contributed by atoms with Crippen LogP contribution in [0.5, 0.6) is 0 Å². The molecule has 5 nitrogen and oxygen atoms in total. The number of nitrogens with zero attached hydrogens (tertiary/aromatic N) is 3. The molecule has 3 N–H and O–H groups in total. The Bertz CT molecular complexity index is 358. The van der Waals surface area contributed by atoms with E-state index in [0.717, 1.165) is 6.54 Å². The number of hydrogen-bond donors (Lipinski definition) is 2. The predicted molar refractivity (Wildman–Crippen MR) is 70.2 cm³/mol. The highest BCUT2D eigenvalue weighted by Gasteiger charge is 2.17. The van der Waals surface area contributed by atoms with Crippen molar-refractivity contribution < 1.29 is 0 Å². The van der Waals surface area contributed by atoms with E-state index < -0.39 is 0 Å². The van der Waals surface area contributed by atoms with Crippen molar-refractivity contribution in [3.05, 3.63) is 11.2 Å². The fourth-order valence-corrected chi connectivity index (χ4v) is 2.28. The van der Waals surface area contributed by atoms with Crippen LogP contribution in [-0.2, 0) is 0 Å². The SMILES string of the molecule is CC(CNc1cc(Cl)nc(N)n1)N1CCCC1. The molecule has 1 fully saturated rings. The van der Waals surface area contributed by atoms with Crippen LogP contribution in [0.15, 0.2) is 6.07 Å². The van der Waals surface area contributed by atoms with Gasteiger partial charge in [0.1, 0.15) is 11.0 Å². The van der Waals surface area contributed by atoms with Gasteiger partial charge in [-0.15, -0.1) is 0 Å². The highest BCUT2D eigenvalue weighted by molar-refractivity contribution is 6.29. The zero-order valence-corrected chi connectivity index (χ0v) is 10.7. The molecule has 0 spiro atoms. The van der Waals surface area contributed by atoms with Crippen LogP contribution in [-0.4, -0.2) is 40.5 Å². The normalized spacial score (nSPS) is 18.2. The molecule has 2 heterocycles. The lowest BCUT2D eigenvalue weighted by atomic mass is 10.3. The van der Waals surface area contributed by atoms with Crippen LogP contribution in [0.1, 0.15) is 19.8 Å². The topological polar surface area (TPSA) is 67.1 Å². The maximum Gasteiger partial charge on any atom is 0.223 e. The second kappa shape index (κ2) is 5.51. The fraction of sp³-hybridized carbons (Fsp3) is 0.636. The van der Waals surface area contributed by atoms with Crippen molar-refractivity contribution in [1.29, 1.82) is 0 Å². The second-order valence-electron chi connectivity index (χ2n) is 4.41. The predicted octanol–water partition coefficient (Wildman–Crippen LogP) is 1.61. The number of nitrogen functional groups attached to an aromatic ring is 1. The molecule has 1 aromatic heterocycles. The number of hydrogen-bond acceptors (Lipinski definition) is 5. The van der Waals surface area contributed by atoms with Crippen molar-refractivity contribution in [3.63, 3.8) is 0 Å². The van der Waals surface area contributed by atoms with Gasteiger partial charge in [0.25, 0.3) is 0 Å². The second-order valence-corrected chi connectivity index (χ2v) is 4.79. The molecule has 0 aromatic carbocycles. The average Bonchev–Trinajstić information content (AvgIpc) is 2.78. The quantitative estimate of drug-likeness (QED) is 0.800. The summed E-state index contributed by atoms with van der Waals surface area (Å²) in [4.78, 5) is 10.4. The summed E-state index contributed by atoms with van der Waals surface area (Å²) in [6.07, 6.45) is 2.60. The molecule has 2 rings (SSSR count). The third-order valence-corrected chi connectivity index (χ3v) is 3.25. The largest absolute Gasteiger partial charge is 0.368 e. The first kappa shape index (κ1) is 12.4. The highest BCUT2D eigenvalue weighted by atomic mass is 35.5. The van der Waals surface area contributed by atoms with E-state index in [2.05, 4.69) is 27.1 Å². The van der Waals surface area contributed by atoms with E-state index in [1.54, 1.807) is 6.07 Å². The smallest absolute Gasteiger partial charge is 0.223 e. The molecule has 6 heteroatoms. The first-order chi connectivity index (χ1) is 8.15. The molecule has 1 atom stereocenters. The van der Waals surface area contributed by atoms with Gasteiger partial charge in [0, 0.05) is 18.7 Å². The zero-order valence-electron chi connectivity index (χ0n) is 9.99. The maximum atomic E-state index is 5.81. The van der Waals surface area contributed by atoms with Gasteiger partial charge in [0.05, 0.1) is 0 Å². The van der Waals surface area contributed by atoms with Crippen molar-refractivity contribution >= 4 is 23.4 Å². The Morgan fingerprint density at radius 2 is 2.18 bits per heavy atom. The molecular weight excluding hydrogens is 238 g/mol. The summed E-state index contributed by atoms with van der Waals surface area (Å²) in [5, 5.41) is 3.62. The minimum absolute atomic E-state index is 0.203. The number of nitrogens with one attached hydrogen (secondary N) is 1. The van der Waals surface area contributed by atoms with Gasteiger partial charge in [-0.05, 0) is 32.9 Å². The van der Waals surface area contributed by atoms with Gasteiger partial charge < -0.3 is 11.1 Å². The molecule has 0 saturated carbocycles. The first-order valence-corrected chi connectivity index (χ1v) is 6.31. The highest BCUT2D eigenvalue weighted by Crippen LogP contribution is 2.14. The van der Waals surface area contributed by atoms with Crippen LogP contribution in [0.2, 0.25) is 5.15 Å². The average molecular weight is 256 g/mol. The van der Waals surface area contributed by atoms with Crippen molar-refractivity contribution in [3.8, 4) is 0 Å². The summed E-state index contributed by atoms with van der Waals surface area (Å²) in [6, 6.07) is 2.18. The lowest BCUT2D eigenvalue weighted by molar-refractivity contribution is 0.269. The molecule has 17 heavy (non-hydrogen) atoms. The molecule has 1 aliphatic rings. The van der Waals surface area contributed by atoms with E-state index in [4.69, 9.17) is 17.3 Å². The molecule has 1 aliphatic heterocycles. The summed E-state index contributed by atoms with van der Waals surface area (Å²) in [7, 11) is 0. The van der Waals surface area contributed by atoms with Gasteiger partial charge in [-0.25, -0.2) is 4.98 Å². The van der Waals surface area contributed by atoms with Crippen LogP contribution >= 0.6 is 11.6 Å². The van der Waals surface area contributed by atoms with Crippen LogP contribution in [0, 0.1) is 0 Å². The maximum absolute atomic E-state index is 5.81. The number of likely N-dealkylation sites (tertiary alicyclic amines) is 1. The minimum Gasteiger partial charge on any atom is -0.368 e. The lowest BCUT2D eigenvalue weighted by Crippen LogP contribution is -2.35. The van der Waals surface area contributed by atoms with Gasteiger partial charge in [0.2, 0.25) is 5.95 Å². The van der Waals surface area contributed by atoms with E-state index in [1.165, 1.54) is 25.9 Å². The Hall–Kier alpha value is -1.07. The fourth-order valence-electron chi connectivity index (χ4n) is 2.09. The summed E-state index contributed by atoms with van der Waals surface area (Å²) in [5.74, 6) is 0.891. The summed E-state index contributed by atoms with van der Waals surface area (Å²) >= 11 is 5.81. The molecule has 94 valence electrons. The van der Waals surface area contributed by atoms with Crippen molar-refractivity contribution in [2.75, 3.05) is 30.7 Å². The van der Waals surface area contributed by atoms with Crippen LogP contribution < -0.4 is 11.1 Å². The van der Waals surface area contributed by atoms with E-state index in [9.17, 15) is 0 Å². The van der Waals surface area contributed by atoms with Crippen LogP contribution in [0.3, 0.4) is 0 Å². The molecule has 0 bridgehead atoms. The number of nitrogens with two attached hydrogens (primary N) is 1. The summed E-state index contributed by atoms with van der Waals surface area (Å²) in [6.45, 7) is 5.43. The molecule has 0 radical (unpaired) electrons. The molecular formula is C11H18ClN5. The van der Waals surface area contributed by atoms with Crippen molar-refractivity contribution in [1.82, 2.24) is 14.9 Å². The number of aromatic nitrogens is 2. The zero-order chi connectivity index (χ0) is 12.3. The Kier molecular flexibility index (Phi) is 4.02.